The van der Waals surface area contributed by atoms with Gasteiger partial charge in [0.25, 0.3) is 5.91 Å². The van der Waals surface area contributed by atoms with Gasteiger partial charge >= 0.3 is 5.97 Å². The summed E-state index contributed by atoms with van der Waals surface area (Å²) in [5, 5.41) is 3.00. The number of nitrogens with one attached hydrogen (secondary N) is 1. The second-order valence-corrected chi connectivity index (χ2v) is 4.82. The molecule has 0 radical (unpaired) electrons. The number of anilines is 1. The zero-order valence-corrected chi connectivity index (χ0v) is 12.1. The Bertz CT molecular complexity index is 493. The number of rotatable bonds is 6. The van der Waals surface area contributed by atoms with Crippen molar-refractivity contribution in [3.8, 4) is 0 Å². The Morgan fingerprint density at radius 2 is 1.95 bits per heavy atom. The van der Waals surface area contributed by atoms with Crippen molar-refractivity contribution < 1.29 is 19.1 Å². The van der Waals surface area contributed by atoms with E-state index in [1.807, 2.05) is 6.92 Å². The highest BCUT2D eigenvalue weighted by atomic mass is 32.1. The van der Waals surface area contributed by atoms with Crippen LogP contribution in [0.5, 0.6) is 0 Å². The van der Waals surface area contributed by atoms with E-state index in [1.54, 1.807) is 19.9 Å². The number of thiophene rings is 1. The summed E-state index contributed by atoms with van der Waals surface area (Å²) >= 11 is 1.13. The van der Waals surface area contributed by atoms with Gasteiger partial charge in [0.05, 0.1) is 11.6 Å². The number of ketones is 1. The minimum atomic E-state index is -0.651. The van der Waals surface area contributed by atoms with Gasteiger partial charge in [0.2, 0.25) is 5.78 Å². The lowest BCUT2D eigenvalue weighted by molar-refractivity contribution is -0.134. The average molecular weight is 283 g/mol. The first-order valence-electron chi connectivity index (χ1n) is 6.17. The lowest BCUT2D eigenvalue weighted by Crippen LogP contribution is -2.21. The molecule has 0 atom stereocenters. The summed E-state index contributed by atoms with van der Waals surface area (Å²) in [4.78, 5) is 34.9. The van der Waals surface area contributed by atoms with Crippen LogP contribution < -0.4 is 5.32 Å². The highest BCUT2D eigenvalue weighted by Gasteiger charge is 2.18. The molecule has 1 aromatic rings. The number of hydrogen-bond acceptors (Lipinski definition) is 5. The van der Waals surface area contributed by atoms with Crippen molar-refractivity contribution >= 4 is 34.0 Å². The molecule has 0 saturated carbocycles. The van der Waals surface area contributed by atoms with Gasteiger partial charge < -0.3 is 10.1 Å². The van der Waals surface area contributed by atoms with Gasteiger partial charge in [-0.1, -0.05) is 13.8 Å². The first-order valence-corrected chi connectivity index (χ1v) is 6.99. The quantitative estimate of drug-likeness (QED) is 0.642. The Morgan fingerprint density at radius 1 is 1.26 bits per heavy atom. The van der Waals surface area contributed by atoms with Crippen LogP contribution in [0.1, 0.15) is 42.4 Å². The fraction of sp³-hybridized carbons (Fsp3) is 0.462. The van der Waals surface area contributed by atoms with E-state index in [4.69, 9.17) is 4.74 Å². The van der Waals surface area contributed by atoms with Crippen molar-refractivity contribution in [1.29, 1.82) is 0 Å². The molecule has 0 saturated heterocycles. The van der Waals surface area contributed by atoms with E-state index in [1.165, 1.54) is 0 Å². The number of hydrogen-bond donors (Lipinski definition) is 1. The van der Waals surface area contributed by atoms with Crippen molar-refractivity contribution in [1.82, 2.24) is 0 Å². The molecule has 0 bridgehead atoms. The van der Waals surface area contributed by atoms with Crippen molar-refractivity contribution in [2.45, 2.75) is 33.6 Å². The largest absolute Gasteiger partial charge is 0.462 e. The molecule has 5 nitrogen and oxygen atoms in total. The predicted octanol–water partition coefficient (Wildman–Crippen LogP) is 2.40. The van der Waals surface area contributed by atoms with Crippen LogP contribution in [0.2, 0.25) is 0 Å². The molecule has 1 amide bonds. The molecule has 0 aliphatic heterocycles. The van der Waals surface area contributed by atoms with Crippen molar-refractivity contribution in [3.05, 3.63) is 16.5 Å². The van der Waals surface area contributed by atoms with Crippen LogP contribution in [0, 0.1) is 0 Å². The summed E-state index contributed by atoms with van der Waals surface area (Å²) < 4.78 is 4.95. The van der Waals surface area contributed by atoms with E-state index in [0.29, 0.717) is 22.9 Å². The molecule has 1 heterocycles. The van der Waals surface area contributed by atoms with Crippen molar-refractivity contribution in [2.75, 3.05) is 11.9 Å². The van der Waals surface area contributed by atoms with E-state index >= 15 is 0 Å². The summed E-state index contributed by atoms with van der Waals surface area (Å²) in [5.74, 6) is -1.53. The third kappa shape index (κ3) is 3.89. The SMILES string of the molecule is CCOC(=O)c1sc(NC(=O)C(=O)CC)cc1CC. The zero-order valence-electron chi connectivity index (χ0n) is 11.2. The van der Waals surface area contributed by atoms with Gasteiger partial charge in [0, 0.05) is 6.42 Å². The minimum absolute atomic E-state index is 0.155. The van der Waals surface area contributed by atoms with E-state index in [-0.39, 0.29) is 6.42 Å². The van der Waals surface area contributed by atoms with Crippen LogP contribution in [-0.2, 0) is 20.7 Å². The lowest BCUT2D eigenvalue weighted by atomic mass is 10.2. The summed E-state index contributed by atoms with van der Waals surface area (Å²) in [7, 11) is 0. The third-order valence-electron chi connectivity index (χ3n) is 2.46. The highest BCUT2D eigenvalue weighted by molar-refractivity contribution is 7.18. The van der Waals surface area contributed by atoms with E-state index in [2.05, 4.69) is 5.32 Å². The van der Waals surface area contributed by atoms with Crippen LogP contribution in [0.4, 0.5) is 5.00 Å². The number of ether oxygens (including phenoxy) is 1. The normalized spacial score (nSPS) is 10.1. The fourth-order valence-electron chi connectivity index (χ4n) is 1.46. The Balaban J connectivity index is 2.90. The van der Waals surface area contributed by atoms with Crippen molar-refractivity contribution in [2.24, 2.45) is 0 Å². The summed E-state index contributed by atoms with van der Waals surface area (Å²) in [6, 6.07) is 1.71. The Labute approximate surface area is 116 Å². The van der Waals surface area contributed by atoms with Gasteiger partial charge in [0.1, 0.15) is 4.88 Å². The van der Waals surface area contributed by atoms with Gasteiger partial charge in [0.15, 0.2) is 0 Å². The maximum absolute atomic E-state index is 11.7. The summed E-state index contributed by atoms with van der Waals surface area (Å²) in [6.45, 7) is 5.57. The van der Waals surface area contributed by atoms with Gasteiger partial charge in [-0.2, -0.15) is 0 Å². The molecule has 1 N–H and O–H groups in total. The number of Topliss-reactive ketones (excluding diaryl/α,β-unsaturated/α-hetero) is 1. The predicted molar refractivity (Wildman–Crippen MR) is 73.6 cm³/mol. The van der Waals surface area contributed by atoms with Crippen LogP contribution in [0.25, 0.3) is 0 Å². The zero-order chi connectivity index (χ0) is 14.4. The smallest absolute Gasteiger partial charge is 0.348 e. The molecular weight excluding hydrogens is 266 g/mol. The third-order valence-corrected chi connectivity index (χ3v) is 3.53. The molecule has 104 valence electrons. The number of carbonyl (C=O) groups excluding carboxylic acids is 3. The van der Waals surface area contributed by atoms with E-state index < -0.39 is 17.7 Å². The van der Waals surface area contributed by atoms with Crippen LogP contribution in [0.15, 0.2) is 6.07 Å². The number of carbonyl (C=O) groups is 3. The lowest BCUT2D eigenvalue weighted by Gasteiger charge is -2.00. The van der Waals surface area contributed by atoms with Gasteiger partial charge in [-0.05, 0) is 25.0 Å². The Morgan fingerprint density at radius 3 is 2.47 bits per heavy atom. The van der Waals surface area contributed by atoms with Gasteiger partial charge in [-0.15, -0.1) is 11.3 Å². The molecular formula is C13H17NO4S. The maximum atomic E-state index is 11.7. The molecule has 6 heteroatoms. The first kappa shape index (κ1) is 15.4. The molecule has 0 spiro atoms. The molecule has 0 aromatic carbocycles. The topological polar surface area (TPSA) is 72.5 Å². The molecule has 0 fully saturated rings. The fourth-order valence-corrected chi connectivity index (χ4v) is 2.51. The van der Waals surface area contributed by atoms with Crippen LogP contribution >= 0.6 is 11.3 Å². The summed E-state index contributed by atoms with van der Waals surface area (Å²) in [6.07, 6.45) is 0.810. The molecule has 19 heavy (non-hydrogen) atoms. The van der Waals surface area contributed by atoms with Crippen LogP contribution in [0.3, 0.4) is 0 Å². The highest BCUT2D eigenvalue weighted by Crippen LogP contribution is 2.28. The Kier molecular flexibility index (Phi) is 5.69. The number of amides is 1. The Hall–Kier alpha value is -1.69. The molecule has 0 aliphatic carbocycles. The second-order valence-electron chi connectivity index (χ2n) is 3.77. The monoisotopic (exact) mass is 283 g/mol. The maximum Gasteiger partial charge on any atom is 0.348 e. The van der Waals surface area contributed by atoms with Crippen molar-refractivity contribution in [3.63, 3.8) is 0 Å². The molecule has 0 unspecified atom stereocenters. The molecule has 1 aromatic heterocycles. The van der Waals surface area contributed by atoms with Crippen LogP contribution in [-0.4, -0.2) is 24.3 Å². The minimum Gasteiger partial charge on any atom is -0.462 e. The molecule has 0 aliphatic rings. The second kappa shape index (κ2) is 7.04. The number of aryl methyl sites for hydroxylation is 1. The molecule has 1 rings (SSSR count). The standard InChI is InChI=1S/C13H17NO4S/c1-4-8-7-10(14-12(16)9(15)5-2)19-11(8)13(17)18-6-3/h7H,4-6H2,1-3H3,(H,14,16). The summed E-state index contributed by atoms with van der Waals surface area (Å²) in [5.41, 5.74) is 0.808. The van der Waals surface area contributed by atoms with Gasteiger partial charge in [-0.3, -0.25) is 9.59 Å². The van der Waals surface area contributed by atoms with Gasteiger partial charge in [-0.25, -0.2) is 4.79 Å². The average Bonchev–Trinajstić information content (AvgIpc) is 2.81. The number of esters is 1. The van der Waals surface area contributed by atoms with E-state index in [9.17, 15) is 14.4 Å². The first-order chi connectivity index (χ1) is 9.03. The van der Waals surface area contributed by atoms with E-state index in [0.717, 1.165) is 16.9 Å².